The van der Waals surface area contributed by atoms with Gasteiger partial charge in [-0.05, 0) is 30.9 Å². The monoisotopic (exact) mass is 524 g/mol. The van der Waals surface area contributed by atoms with Gasteiger partial charge in [0.2, 0.25) is 10.0 Å². The molecular weight excluding hydrogens is 495 g/mol. The second-order valence-corrected chi connectivity index (χ2v) is 8.88. The SMILES string of the molecule is CS(=O)(=O)NC1CCCCC1CN=C(N)Nc1ccc2c(c1)OCCCO2.I. The maximum absolute atomic E-state index is 11.6. The second kappa shape index (κ2) is 10.5. The van der Waals surface area contributed by atoms with Crippen molar-refractivity contribution in [2.24, 2.45) is 16.6 Å². The van der Waals surface area contributed by atoms with Crippen LogP contribution in [0.4, 0.5) is 5.69 Å². The largest absolute Gasteiger partial charge is 0.490 e. The molecule has 1 aliphatic carbocycles. The molecule has 10 heteroatoms. The van der Waals surface area contributed by atoms with Gasteiger partial charge in [-0.3, -0.25) is 4.99 Å². The third-order valence-corrected chi connectivity index (χ3v) is 5.52. The molecule has 1 saturated carbocycles. The van der Waals surface area contributed by atoms with Crippen molar-refractivity contribution in [3.05, 3.63) is 18.2 Å². The third-order valence-electron chi connectivity index (χ3n) is 4.79. The molecule has 4 N–H and O–H groups in total. The van der Waals surface area contributed by atoms with E-state index in [0.717, 1.165) is 43.5 Å². The van der Waals surface area contributed by atoms with Crippen LogP contribution in [0.5, 0.6) is 11.5 Å². The van der Waals surface area contributed by atoms with E-state index >= 15 is 0 Å². The van der Waals surface area contributed by atoms with Gasteiger partial charge >= 0.3 is 0 Å². The van der Waals surface area contributed by atoms with Gasteiger partial charge in [0.25, 0.3) is 0 Å². The first kappa shape index (κ1) is 23.0. The molecule has 1 aliphatic heterocycles. The predicted molar refractivity (Wildman–Crippen MR) is 121 cm³/mol. The second-order valence-electron chi connectivity index (χ2n) is 7.10. The average molecular weight is 524 g/mol. The summed E-state index contributed by atoms with van der Waals surface area (Å²) in [5.74, 6) is 1.87. The van der Waals surface area contributed by atoms with Crippen LogP contribution in [0.2, 0.25) is 0 Å². The number of hydrogen-bond donors (Lipinski definition) is 3. The Morgan fingerprint density at radius 2 is 1.89 bits per heavy atom. The normalized spacial score (nSPS) is 22.7. The molecule has 1 fully saturated rings. The molecule has 0 amide bonds. The summed E-state index contributed by atoms with van der Waals surface area (Å²) in [6.45, 7) is 1.75. The molecule has 0 radical (unpaired) electrons. The Bertz CT molecular complexity index is 788. The molecule has 3 rings (SSSR count). The number of nitrogens with zero attached hydrogens (tertiary/aromatic N) is 1. The van der Waals surface area contributed by atoms with Crippen molar-refractivity contribution in [2.45, 2.75) is 38.1 Å². The highest BCUT2D eigenvalue weighted by atomic mass is 127. The number of nitrogens with one attached hydrogen (secondary N) is 2. The lowest BCUT2D eigenvalue weighted by Gasteiger charge is -2.30. The summed E-state index contributed by atoms with van der Waals surface area (Å²) in [5, 5.41) is 3.07. The molecule has 1 aromatic rings. The molecule has 1 aromatic carbocycles. The lowest BCUT2D eigenvalue weighted by molar-refractivity contribution is 0.297. The molecular formula is C18H29IN4O4S. The van der Waals surface area contributed by atoms with Crippen molar-refractivity contribution in [3.63, 3.8) is 0 Å². The number of halogens is 1. The van der Waals surface area contributed by atoms with Gasteiger partial charge in [-0.1, -0.05) is 12.8 Å². The number of hydrogen-bond acceptors (Lipinski definition) is 5. The number of sulfonamides is 1. The topological polar surface area (TPSA) is 115 Å². The van der Waals surface area contributed by atoms with E-state index in [0.29, 0.717) is 31.5 Å². The standard InChI is InChI=1S/C18H28N4O4S.HI/c1-27(23,24)22-15-6-3-2-5-13(15)12-20-18(19)21-14-7-8-16-17(11-14)26-10-4-9-25-16;/h7-8,11,13,15,22H,2-6,9-10,12H2,1H3,(H3,19,20,21);1H. The van der Waals surface area contributed by atoms with Crippen LogP contribution in [-0.2, 0) is 10.0 Å². The summed E-state index contributed by atoms with van der Waals surface area (Å²) in [6, 6.07) is 5.48. The van der Waals surface area contributed by atoms with E-state index in [4.69, 9.17) is 15.2 Å². The summed E-state index contributed by atoms with van der Waals surface area (Å²) in [5.41, 5.74) is 6.80. The lowest BCUT2D eigenvalue weighted by Crippen LogP contribution is -2.43. The fraction of sp³-hybridized carbons (Fsp3) is 0.611. The van der Waals surface area contributed by atoms with E-state index in [-0.39, 0.29) is 35.9 Å². The number of fused-ring (bicyclic) bond motifs is 1. The van der Waals surface area contributed by atoms with Gasteiger partial charge in [0.05, 0.1) is 19.5 Å². The Balaban J connectivity index is 0.00000280. The van der Waals surface area contributed by atoms with Crippen LogP contribution in [0.3, 0.4) is 0 Å². The first-order valence-corrected chi connectivity index (χ1v) is 11.2. The number of aliphatic imine (C=N–C) groups is 1. The molecule has 1 heterocycles. The highest BCUT2D eigenvalue weighted by Gasteiger charge is 2.27. The van der Waals surface area contributed by atoms with Gasteiger partial charge in [-0.25, -0.2) is 13.1 Å². The van der Waals surface area contributed by atoms with Gasteiger partial charge in [0, 0.05) is 30.8 Å². The smallest absolute Gasteiger partial charge is 0.208 e. The minimum atomic E-state index is -3.23. The highest BCUT2D eigenvalue weighted by Crippen LogP contribution is 2.32. The number of benzene rings is 1. The zero-order chi connectivity index (χ0) is 19.3. The van der Waals surface area contributed by atoms with Gasteiger partial charge < -0.3 is 20.5 Å². The highest BCUT2D eigenvalue weighted by molar-refractivity contribution is 14.0. The summed E-state index contributed by atoms with van der Waals surface area (Å²) in [4.78, 5) is 4.43. The van der Waals surface area contributed by atoms with Crippen molar-refractivity contribution in [2.75, 3.05) is 31.3 Å². The van der Waals surface area contributed by atoms with E-state index < -0.39 is 10.0 Å². The Morgan fingerprint density at radius 3 is 2.64 bits per heavy atom. The van der Waals surface area contributed by atoms with Crippen LogP contribution in [0.25, 0.3) is 0 Å². The quantitative estimate of drug-likeness (QED) is 0.310. The molecule has 0 spiro atoms. The van der Waals surface area contributed by atoms with Gasteiger partial charge in [0.15, 0.2) is 17.5 Å². The van der Waals surface area contributed by atoms with Crippen LogP contribution < -0.4 is 25.2 Å². The number of rotatable bonds is 5. The average Bonchev–Trinajstić information content (AvgIpc) is 2.84. The van der Waals surface area contributed by atoms with E-state index in [1.165, 1.54) is 6.26 Å². The van der Waals surface area contributed by atoms with E-state index in [1.807, 2.05) is 18.2 Å². The molecule has 2 unspecified atom stereocenters. The minimum absolute atomic E-state index is 0. The first-order valence-electron chi connectivity index (χ1n) is 9.34. The Hall–Kier alpha value is -1.27. The summed E-state index contributed by atoms with van der Waals surface area (Å²) in [7, 11) is -3.23. The lowest BCUT2D eigenvalue weighted by atomic mass is 9.85. The van der Waals surface area contributed by atoms with E-state index in [1.54, 1.807) is 0 Å². The Labute approximate surface area is 183 Å². The fourth-order valence-corrected chi connectivity index (χ4v) is 4.36. The molecule has 28 heavy (non-hydrogen) atoms. The van der Waals surface area contributed by atoms with Gasteiger partial charge in [-0.2, -0.15) is 0 Å². The van der Waals surface area contributed by atoms with Crippen molar-refractivity contribution in [1.29, 1.82) is 0 Å². The minimum Gasteiger partial charge on any atom is -0.490 e. The molecule has 158 valence electrons. The van der Waals surface area contributed by atoms with Crippen LogP contribution >= 0.6 is 24.0 Å². The van der Waals surface area contributed by atoms with Crippen LogP contribution in [-0.4, -0.2) is 46.4 Å². The first-order chi connectivity index (χ1) is 12.9. The maximum atomic E-state index is 11.6. The predicted octanol–water partition coefficient (Wildman–Crippen LogP) is 2.30. The van der Waals surface area contributed by atoms with Gasteiger partial charge in [0.1, 0.15) is 0 Å². The molecule has 2 atom stereocenters. The fourth-order valence-electron chi connectivity index (χ4n) is 3.50. The van der Waals surface area contributed by atoms with Gasteiger partial charge in [-0.15, -0.1) is 24.0 Å². The zero-order valence-electron chi connectivity index (χ0n) is 16.0. The number of ether oxygens (including phenoxy) is 2. The molecule has 0 bridgehead atoms. The summed E-state index contributed by atoms with van der Waals surface area (Å²) >= 11 is 0. The van der Waals surface area contributed by atoms with Crippen molar-refractivity contribution in [1.82, 2.24) is 4.72 Å². The van der Waals surface area contributed by atoms with Crippen LogP contribution in [0.15, 0.2) is 23.2 Å². The number of nitrogens with two attached hydrogens (primary N) is 1. The molecule has 0 aromatic heterocycles. The third kappa shape index (κ3) is 6.96. The van der Waals surface area contributed by atoms with E-state index in [9.17, 15) is 8.42 Å². The number of guanidine groups is 1. The zero-order valence-corrected chi connectivity index (χ0v) is 19.2. The molecule has 2 aliphatic rings. The van der Waals surface area contributed by atoms with Crippen LogP contribution in [0.1, 0.15) is 32.1 Å². The molecule has 8 nitrogen and oxygen atoms in total. The number of anilines is 1. The summed E-state index contributed by atoms with van der Waals surface area (Å²) < 4.78 is 37.1. The van der Waals surface area contributed by atoms with E-state index in [2.05, 4.69) is 15.0 Å². The Kier molecular flexibility index (Phi) is 8.62. The Morgan fingerprint density at radius 1 is 1.18 bits per heavy atom. The molecule has 0 saturated heterocycles. The summed E-state index contributed by atoms with van der Waals surface area (Å²) in [6.07, 6.45) is 5.93. The van der Waals surface area contributed by atoms with Crippen LogP contribution in [0, 0.1) is 5.92 Å². The van der Waals surface area contributed by atoms with Crippen molar-refractivity contribution < 1.29 is 17.9 Å². The van der Waals surface area contributed by atoms with Crippen molar-refractivity contribution in [3.8, 4) is 11.5 Å². The van der Waals surface area contributed by atoms with Crippen molar-refractivity contribution >= 4 is 45.6 Å². The maximum Gasteiger partial charge on any atom is 0.208 e.